The van der Waals surface area contributed by atoms with Crippen LogP contribution in [0.5, 0.6) is 0 Å². The van der Waals surface area contributed by atoms with Gasteiger partial charge in [0, 0.05) is 0 Å². The van der Waals surface area contributed by atoms with Crippen molar-refractivity contribution in [1.29, 1.82) is 0 Å². The summed E-state index contributed by atoms with van der Waals surface area (Å²) < 4.78 is 0. The molecule has 0 aliphatic heterocycles. The summed E-state index contributed by atoms with van der Waals surface area (Å²) in [4.78, 5) is 8.16. The summed E-state index contributed by atoms with van der Waals surface area (Å²) in [5, 5.41) is 5.26. The maximum absolute atomic E-state index is 8.16. The Morgan fingerprint density at radius 2 is 1.44 bits per heavy atom. The number of hydrogen-bond donors (Lipinski definition) is 1. The van der Waals surface area contributed by atoms with Crippen molar-refractivity contribution >= 4 is 30.6 Å². The third kappa shape index (κ3) is 6.62. The molecule has 5 heteroatoms. The number of halogens is 2. The molecule has 4 aromatic carbocycles. The Morgan fingerprint density at radius 3 is 2.11 bits per heavy atom. The van der Waals surface area contributed by atoms with Gasteiger partial charge < -0.3 is 29.6 Å². The second-order valence-electron chi connectivity index (χ2n) is 6.35. The molecule has 138 valence electrons. The molecule has 4 rings (SSSR count). The molecule has 0 atom stereocenters. The van der Waals surface area contributed by atoms with Crippen LogP contribution in [0.4, 0.5) is 0 Å². The zero-order chi connectivity index (χ0) is 17.1. The van der Waals surface area contributed by atoms with Gasteiger partial charge in [0.15, 0.2) is 9.04 Å². The first-order valence-electron chi connectivity index (χ1n) is 8.19. The second kappa shape index (κ2) is 11.9. The fraction of sp³-hybridized carbons (Fsp3) is 0.136. The van der Waals surface area contributed by atoms with Crippen LogP contribution in [0.3, 0.4) is 0 Å². The number of hydrogen-bond acceptors (Lipinski definition) is 1. The molecule has 1 N–H and O–H groups in total. The molecule has 0 aliphatic carbocycles. The first-order valence-corrected chi connectivity index (χ1v) is 10.6. The third-order valence-corrected chi connectivity index (χ3v) is 3.96. The number of fused-ring (bicyclic) bond motifs is 2. The quantitative estimate of drug-likeness (QED) is 0.291. The van der Waals surface area contributed by atoms with Crippen LogP contribution >= 0.6 is 0 Å². The topological polar surface area (TPSA) is 20.2 Å². The molecule has 0 amide bonds. The van der Waals surface area contributed by atoms with E-state index in [-0.39, 0.29) is 51.0 Å². The van der Waals surface area contributed by atoms with Gasteiger partial charge in [0.2, 0.25) is 0 Å². The van der Waals surface area contributed by atoms with E-state index in [9.17, 15) is 0 Å². The van der Waals surface area contributed by atoms with E-state index in [1.807, 2.05) is 13.1 Å². The number of rotatable bonds is 1. The summed E-state index contributed by atoms with van der Waals surface area (Å²) in [6.45, 7) is 5.81. The van der Waals surface area contributed by atoms with Gasteiger partial charge in [0.1, 0.15) is 0 Å². The van der Waals surface area contributed by atoms with E-state index in [2.05, 4.69) is 79.7 Å². The van der Waals surface area contributed by atoms with Gasteiger partial charge in [0.25, 0.3) is 0 Å². The molecule has 2 radical (unpaired) electrons. The number of aryl methyl sites for hydroxylation is 1. The van der Waals surface area contributed by atoms with E-state index in [0.29, 0.717) is 0 Å². The van der Waals surface area contributed by atoms with Crippen molar-refractivity contribution < 1.29 is 55.8 Å². The van der Waals surface area contributed by atoms with Crippen LogP contribution in [0.1, 0.15) is 5.56 Å². The van der Waals surface area contributed by atoms with E-state index >= 15 is 0 Å². The summed E-state index contributed by atoms with van der Waals surface area (Å²) >= 11 is 0. The van der Waals surface area contributed by atoms with Gasteiger partial charge >= 0.3 is 26.2 Å². The van der Waals surface area contributed by atoms with Crippen LogP contribution in [0.2, 0.25) is 13.1 Å². The summed E-state index contributed by atoms with van der Waals surface area (Å²) in [7, 11) is -0.880. The van der Waals surface area contributed by atoms with E-state index in [0.717, 1.165) is 0 Å². The van der Waals surface area contributed by atoms with Crippen molar-refractivity contribution in [1.82, 2.24) is 0 Å². The monoisotopic (exact) mass is 490 g/mol. The second-order valence-corrected chi connectivity index (χ2v) is 8.24. The first-order chi connectivity index (χ1) is 11.5. The Kier molecular flexibility index (Phi) is 11.5. The minimum Gasteiger partial charge on any atom is -1.00 e. The summed E-state index contributed by atoms with van der Waals surface area (Å²) in [5.74, 6) is 0. The Morgan fingerprint density at radius 1 is 0.815 bits per heavy atom. The molecular formula is C22H22Cl2OSiZr. The van der Waals surface area contributed by atoms with E-state index in [4.69, 9.17) is 4.80 Å². The van der Waals surface area contributed by atoms with Crippen molar-refractivity contribution in [2.24, 2.45) is 0 Å². The molecule has 0 unspecified atom stereocenters. The maximum atomic E-state index is 8.16. The van der Waals surface area contributed by atoms with Crippen LogP contribution < -0.4 is 24.8 Å². The van der Waals surface area contributed by atoms with Gasteiger partial charge in [-0.05, 0) is 35.5 Å². The van der Waals surface area contributed by atoms with Crippen molar-refractivity contribution in [2.45, 2.75) is 20.0 Å². The van der Waals surface area contributed by atoms with Crippen LogP contribution in [0.25, 0.3) is 32.7 Å². The van der Waals surface area contributed by atoms with Crippen molar-refractivity contribution in [3.8, 4) is 11.1 Å². The Bertz CT molecular complexity index is 980. The fourth-order valence-electron chi connectivity index (χ4n) is 2.99. The third-order valence-electron chi connectivity index (χ3n) is 3.96. The Balaban J connectivity index is 0.000000888. The van der Waals surface area contributed by atoms with Gasteiger partial charge in [-0.1, -0.05) is 55.0 Å². The van der Waals surface area contributed by atoms with E-state index < -0.39 is 9.04 Å². The van der Waals surface area contributed by atoms with Crippen LogP contribution in [0.15, 0.2) is 72.8 Å². The predicted octanol–water partition coefficient (Wildman–Crippen LogP) is -0.0774. The molecule has 0 aliphatic rings. The molecule has 0 saturated heterocycles. The summed E-state index contributed by atoms with van der Waals surface area (Å²) in [6, 6.07) is 26.3. The average Bonchev–Trinajstić information content (AvgIpc) is 2.94. The minimum atomic E-state index is -0.880. The standard InChI is InChI=1S/C20H15.C2H7OSi.2ClH.Zr/c1-14-11-17-7-4-8-19(20(17)12-14)18-10-9-15-5-2-3-6-16(15)13-18;1-4(2)3;;;/h2-13H,1H3;3H,1-2H3;2*1H;/q-1;;;;+3/p-2. The minimum absolute atomic E-state index is 0. The number of benzene rings is 3. The van der Waals surface area contributed by atoms with Crippen molar-refractivity contribution in [3.05, 3.63) is 78.4 Å². The fourth-order valence-corrected chi connectivity index (χ4v) is 2.99. The predicted molar refractivity (Wildman–Crippen MR) is 107 cm³/mol. The van der Waals surface area contributed by atoms with E-state index in [1.165, 1.54) is 38.2 Å². The van der Waals surface area contributed by atoms with Gasteiger partial charge in [-0.25, -0.2) is 0 Å². The largest absolute Gasteiger partial charge is 3.00 e. The smallest absolute Gasteiger partial charge is 1.00 e. The molecule has 0 fully saturated rings. The van der Waals surface area contributed by atoms with Crippen LogP contribution in [-0.2, 0) is 26.2 Å². The Labute approximate surface area is 194 Å². The summed E-state index contributed by atoms with van der Waals surface area (Å²) in [6.07, 6.45) is 0. The molecular weight excluding hydrogens is 470 g/mol. The van der Waals surface area contributed by atoms with Gasteiger partial charge in [-0.3, -0.25) is 0 Å². The van der Waals surface area contributed by atoms with Crippen LogP contribution in [0, 0.1) is 6.92 Å². The maximum Gasteiger partial charge on any atom is 3.00 e. The average molecular weight is 493 g/mol. The molecule has 1 nitrogen and oxygen atoms in total. The van der Waals surface area contributed by atoms with Crippen LogP contribution in [-0.4, -0.2) is 13.8 Å². The van der Waals surface area contributed by atoms with Crippen molar-refractivity contribution in [2.75, 3.05) is 0 Å². The zero-order valence-corrected chi connectivity index (χ0v) is 20.6. The molecule has 27 heavy (non-hydrogen) atoms. The van der Waals surface area contributed by atoms with Gasteiger partial charge in [0.05, 0.1) is 0 Å². The normalized spacial score (nSPS) is 9.67. The Hall–Kier alpha value is -0.830. The zero-order valence-electron chi connectivity index (χ0n) is 15.6. The van der Waals surface area contributed by atoms with Gasteiger partial charge in [-0.2, -0.15) is 6.07 Å². The van der Waals surface area contributed by atoms with E-state index in [1.54, 1.807) is 0 Å². The molecule has 0 heterocycles. The molecule has 0 aromatic heterocycles. The first kappa shape index (κ1) is 26.2. The SMILES string of the molecule is C[Si](C)O.Cc1cc2c(-c3ccc4ccccc4c3)cccc2[cH-]1.[Cl-].[Cl-].[Zr+3]. The van der Waals surface area contributed by atoms with Gasteiger partial charge in [-0.15, -0.1) is 34.5 Å². The molecule has 0 spiro atoms. The molecule has 0 saturated carbocycles. The van der Waals surface area contributed by atoms with Crippen molar-refractivity contribution in [3.63, 3.8) is 0 Å². The summed E-state index contributed by atoms with van der Waals surface area (Å²) in [5.41, 5.74) is 3.94. The molecule has 4 aromatic rings. The molecule has 0 bridgehead atoms.